The van der Waals surface area contributed by atoms with Crippen molar-refractivity contribution in [2.75, 3.05) is 37.5 Å². The van der Waals surface area contributed by atoms with Gasteiger partial charge >= 0.3 is 0 Å². The average molecular weight is 224 g/mol. The van der Waals surface area contributed by atoms with E-state index in [0.29, 0.717) is 5.75 Å². The van der Waals surface area contributed by atoms with Crippen LogP contribution in [0.1, 0.15) is 20.3 Å². The van der Waals surface area contributed by atoms with E-state index in [1.165, 1.54) is 0 Å². The molecule has 90 valence electrons. The summed E-state index contributed by atoms with van der Waals surface area (Å²) >= 11 is 0. The van der Waals surface area contributed by atoms with Crippen LogP contribution in [0.25, 0.3) is 0 Å². The lowest BCUT2D eigenvalue weighted by atomic mass is 10.3. The van der Waals surface area contributed by atoms with E-state index >= 15 is 0 Å². The molecule has 1 aromatic rings. The standard InChI is InChI=1S/C11H20N4O/c1-5-7-15(6-2)11-9(16-4)10(12-3)13-8-14-11/h8H,5-7H2,1-4H3,(H,12,13,14). The number of nitrogens with one attached hydrogen (secondary N) is 1. The van der Waals surface area contributed by atoms with E-state index in [-0.39, 0.29) is 0 Å². The predicted molar refractivity (Wildman–Crippen MR) is 66.3 cm³/mol. The van der Waals surface area contributed by atoms with Gasteiger partial charge in [0.15, 0.2) is 11.6 Å². The predicted octanol–water partition coefficient (Wildman–Crippen LogP) is 1.76. The lowest BCUT2D eigenvalue weighted by Gasteiger charge is -2.23. The zero-order valence-electron chi connectivity index (χ0n) is 10.4. The summed E-state index contributed by atoms with van der Waals surface area (Å²) in [4.78, 5) is 10.6. The molecule has 1 N–H and O–H groups in total. The van der Waals surface area contributed by atoms with Crippen LogP contribution in [0.4, 0.5) is 11.6 Å². The zero-order chi connectivity index (χ0) is 12.0. The van der Waals surface area contributed by atoms with Crippen LogP contribution >= 0.6 is 0 Å². The van der Waals surface area contributed by atoms with Crippen molar-refractivity contribution in [3.8, 4) is 5.75 Å². The summed E-state index contributed by atoms with van der Waals surface area (Å²) in [5.41, 5.74) is 0. The summed E-state index contributed by atoms with van der Waals surface area (Å²) in [6.07, 6.45) is 2.64. The van der Waals surface area contributed by atoms with Gasteiger partial charge in [0.25, 0.3) is 0 Å². The highest BCUT2D eigenvalue weighted by Crippen LogP contribution is 2.31. The Bertz CT molecular complexity index is 330. The van der Waals surface area contributed by atoms with Crippen LogP contribution in [-0.4, -0.2) is 37.2 Å². The first-order valence-corrected chi connectivity index (χ1v) is 5.60. The van der Waals surface area contributed by atoms with Gasteiger partial charge in [-0.05, 0) is 13.3 Å². The molecule has 0 bridgehead atoms. The number of hydrogen-bond acceptors (Lipinski definition) is 5. The molecule has 5 heteroatoms. The molecule has 0 radical (unpaired) electrons. The highest BCUT2D eigenvalue weighted by Gasteiger charge is 2.15. The third kappa shape index (κ3) is 2.53. The molecule has 0 unspecified atom stereocenters. The van der Waals surface area contributed by atoms with Gasteiger partial charge in [0.05, 0.1) is 7.11 Å². The van der Waals surface area contributed by atoms with Gasteiger partial charge in [0, 0.05) is 20.1 Å². The molecular weight excluding hydrogens is 204 g/mol. The average Bonchev–Trinajstić information content (AvgIpc) is 2.34. The molecule has 1 aromatic heterocycles. The molecular formula is C11H20N4O. The second kappa shape index (κ2) is 6.15. The summed E-state index contributed by atoms with van der Waals surface area (Å²) in [6.45, 7) is 6.13. The maximum absolute atomic E-state index is 5.37. The molecule has 0 saturated heterocycles. The van der Waals surface area contributed by atoms with Crippen LogP contribution < -0.4 is 15.0 Å². The van der Waals surface area contributed by atoms with E-state index in [2.05, 4.69) is 34.0 Å². The highest BCUT2D eigenvalue weighted by atomic mass is 16.5. The van der Waals surface area contributed by atoms with Gasteiger partial charge < -0.3 is 15.0 Å². The van der Waals surface area contributed by atoms with Gasteiger partial charge in [0.1, 0.15) is 6.33 Å². The normalized spacial score (nSPS) is 10.0. The quantitative estimate of drug-likeness (QED) is 0.798. The summed E-state index contributed by atoms with van der Waals surface area (Å²) < 4.78 is 5.37. The van der Waals surface area contributed by atoms with Gasteiger partial charge in [-0.25, -0.2) is 9.97 Å². The second-order valence-corrected chi connectivity index (χ2v) is 3.41. The molecule has 1 rings (SSSR count). The van der Waals surface area contributed by atoms with Crippen molar-refractivity contribution < 1.29 is 4.74 Å². The summed E-state index contributed by atoms with van der Waals surface area (Å²) in [5, 5.41) is 3.01. The van der Waals surface area contributed by atoms with Crippen molar-refractivity contribution in [1.82, 2.24) is 9.97 Å². The molecule has 1 heterocycles. The van der Waals surface area contributed by atoms with E-state index in [0.717, 1.165) is 31.1 Å². The number of aromatic nitrogens is 2. The van der Waals surface area contributed by atoms with Crippen molar-refractivity contribution >= 4 is 11.6 Å². The van der Waals surface area contributed by atoms with Gasteiger partial charge in [-0.1, -0.05) is 6.92 Å². The molecule has 0 amide bonds. The van der Waals surface area contributed by atoms with Gasteiger partial charge in [-0.2, -0.15) is 0 Å². The third-order valence-electron chi connectivity index (χ3n) is 2.40. The molecule has 0 aliphatic heterocycles. The Morgan fingerprint density at radius 2 is 2.12 bits per heavy atom. The summed E-state index contributed by atoms with van der Waals surface area (Å²) in [5.74, 6) is 2.29. The SMILES string of the molecule is CCCN(CC)c1ncnc(NC)c1OC. The molecule has 0 aromatic carbocycles. The van der Waals surface area contributed by atoms with Crippen molar-refractivity contribution in [3.05, 3.63) is 6.33 Å². The number of anilines is 2. The zero-order valence-corrected chi connectivity index (χ0v) is 10.4. The fraction of sp³-hybridized carbons (Fsp3) is 0.636. The molecule has 5 nitrogen and oxygen atoms in total. The summed E-state index contributed by atoms with van der Waals surface area (Å²) in [7, 11) is 3.47. The van der Waals surface area contributed by atoms with Crippen molar-refractivity contribution in [1.29, 1.82) is 0 Å². The maximum atomic E-state index is 5.37. The Balaban J connectivity index is 3.09. The Hall–Kier alpha value is -1.52. The Morgan fingerprint density at radius 1 is 1.38 bits per heavy atom. The van der Waals surface area contributed by atoms with E-state index in [1.54, 1.807) is 13.4 Å². The summed E-state index contributed by atoms with van der Waals surface area (Å²) in [6, 6.07) is 0. The van der Waals surface area contributed by atoms with E-state index < -0.39 is 0 Å². The van der Waals surface area contributed by atoms with Crippen molar-refractivity contribution in [2.24, 2.45) is 0 Å². The first kappa shape index (κ1) is 12.5. The first-order valence-electron chi connectivity index (χ1n) is 5.60. The minimum atomic E-state index is 0.709. The van der Waals surface area contributed by atoms with Crippen LogP contribution in [0.2, 0.25) is 0 Å². The fourth-order valence-corrected chi connectivity index (χ4v) is 1.64. The Kier molecular flexibility index (Phi) is 4.82. The molecule has 0 aliphatic rings. The molecule has 0 fully saturated rings. The van der Waals surface area contributed by atoms with Crippen molar-refractivity contribution in [3.63, 3.8) is 0 Å². The molecule has 0 spiro atoms. The van der Waals surface area contributed by atoms with Crippen LogP contribution in [-0.2, 0) is 0 Å². The maximum Gasteiger partial charge on any atom is 0.204 e. The molecule has 0 atom stereocenters. The number of nitrogens with zero attached hydrogens (tertiary/aromatic N) is 3. The topological polar surface area (TPSA) is 50.3 Å². The Labute approximate surface area is 96.8 Å². The van der Waals surface area contributed by atoms with Gasteiger partial charge in [-0.3, -0.25) is 0 Å². The van der Waals surface area contributed by atoms with Crippen LogP contribution in [0, 0.1) is 0 Å². The van der Waals surface area contributed by atoms with Crippen LogP contribution in [0.15, 0.2) is 6.33 Å². The van der Waals surface area contributed by atoms with Crippen LogP contribution in [0.5, 0.6) is 5.75 Å². The lowest BCUT2D eigenvalue weighted by molar-refractivity contribution is 0.412. The van der Waals surface area contributed by atoms with Crippen molar-refractivity contribution in [2.45, 2.75) is 20.3 Å². The van der Waals surface area contributed by atoms with Gasteiger partial charge in [-0.15, -0.1) is 0 Å². The van der Waals surface area contributed by atoms with E-state index in [1.807, 2.05) is 7.05 Å². The highest BCUT2D eigenvalue weighted by molar-refractivity contribution is 5.64. The smallest absolute Gasteiger partial charge is 0.204 e. The van der Waals surface area contributed by atoms with E-state index in [9.17, 15) is 0 Å². The molecule has 16 heavy (non-hydrogen) atoms. The minimum Gasteiger partial charge on any atom is -0.490 e. The van der Waals surface area contributed by atoms with E-state index in [4.69, 9.17) is 4.74 Å². The monoisotopic (exact) mass is 224 g/mol. The number of ether oxygens (including phenoxy) is 1. The van der Waals surface area contributed by atoms with Crippen LogP contribution in [0.3, 0.4) is 0 Å². The minimum absolute atomic E-state index is 0.709. The second-order valence-electron chi connectivity index (χ2n) is 3.41. The lowest BCUT2D eigenvalue weighted by Crippen LogP contribution is -2.25. The Morgan fingerprint density at radius 3 is 2.62 bits per heavy atom. The number of rotatable bonds is 6. The molecule has 0 saturated carbocycles. The van der Waals surface area contributed by atoms with Gasteiger partial charge in [0.2, 0.25) is 5.75 Å². The first-order chi connectivity index (χ1) is 7.78. The third-order valence-corrected chi connectivity index (χ3v) is 2.40. The molecule has 0 aliphatic carbocycles. The number of hydrogen-bond donors (Lipinski definition) is 1. The largest absolute Gasteiger partial charge is 0.490 e. The number of methoxy groups -OCH3 is 1. The fourth-order valence-electron chi connectivity index (χ4n) is 1.64.